The van der Waals surface area contributed by atoms with E-state index in [4.69, 9.17) is 15.1 Å². The molecule has 1 aliphatic rings. The second kappa shape index (κ2) is 7.68. The van der Waals surface area contributed by atoms with Crippen molar-refractivity contribution in [2.75, 3.05) is 13.2 Å². The zero-order valence-corrected chi connectivity index (χ0v) is 16.3. The Morgan fingerprint density at radius 3 is 2.38 bits per heavy atom. The monoisotopic (exact) mass is 384 g/mol. The molecule has 5 heteroatoms. The van der Waals surface area contributed by atoms with Gasteiger partial charge in [-0.15, -0.1) is 0 Å². The van der Waals surface area contributed by atoms with E-state index in [0.717, 1.165) is 54.8 Å². The van der Waals surface area contributed by atoms with E-state index in [1.807, 2.05) is 35.2 Å². The number of rotatable bonds is 4. The predicted molar refractivity (Wildman–Crippen MR) is 114 cm³/mol. The van der Waals surface area contributed by atoms with E-state index < -0.39 is 0 Å². The van der Waals surface area contributed by atoms with Gasteiger partial charge in [0.15, 0.2) is 0 Å². The first kappa shape index (κ1) is 17.9. The second-order valence-electron chi connectivity index (χ2n) is 7.56. The number of ether oxygens (including phenoxy) is 1. The Morgan fingerprint density at radius 1 is 0.966 bits per heavy atom. The average molecular weight is 384 g/mol. The molecule has 0 amide bonds. The average Bonchev–Trinajstić information content (AvgIpc) is 3.15. The third-order valence-electron chi connectivity index (χ3n) is 5.71. The van der Waals surface area contributed by atoms with Gasteiger partial charge in [0.25, 0.3) is 0 Å². The molecule has 0 atom stereocenters. The van der Waals surface area contributed by atoms with Crippen LogP contribution in [0.2, 0.25) is 0 Å². The molecular formula is C24H24N4O. The van der Waals surface area contributed by atoms with Gasteiger partial charge >= 0.3 is 0 Å². The Hall–Kier alpha value is -3.18. The molecule has 5 nitrogen and oxygen atoms in total. The fraction of sp³-hybridized carbons (Fsp3) is 0.250. The summed E-state index contributed by atoms with van der Waals surface area (Å²) in [7, 11) is 0. The summed E-state index contributed by atoms with van der Waals surface area (Å²) in [5, 5.41) is 9.95. The summed E-state index contributed by atoms with van der Waals surface area (Å²) in [6.07, 6.45) is 5.84. The fourth-order valence-electron chi connectivity index (χ4n) is 4.20. The van der Waals surface area contributed by atoms with E-state index in [-0.39, 0.29) is 6.04 Å². The Balaban J connectivity index is 1.69. The zero-order valence-electron chi connectivity index (χ0n) is 16.3. The molecule has 2 aromatic carbocycles. The second-order valence-corrected chi connectivity index (χ2v) is 7.56. The lowest BCUT2D eigenvalue weighted by molar-refractivity contribution is 0.0682. The molecule has 4 aromatic rings. The van der Waals surface area contributed by atoms with Gasteiger partial charge in [-0.05, 0) is 24.0 Å². The molecule has 1 fully saturated rings. The van der Waals surface area contributed by atoms with Crippen LogP contribution in [0.15, 0.2) is 73.2 Å². The quantitative estimate of drug-likeness (QED) is 0.567. The van der Waals surface area contributed by atoms with Crippen molar-refractivity contribution in [3.63, 3.8) is 0 Å². The predicted octanol–water partition coefficient (Wildman–Crippen LogP) is 4.38. The number of benzene rings is 2. The number of hydrogen-bond donors (Lipinski definition) is 1. The number of nitrogens with one attached hydrogen (secondary N) is 1. The lowest BCUT2D eigenvalue weighted by Gasteiger charge is -2.24. The number of fused-ring (bicyclic) bond motifs is 1. The largest absolute Gasteiger partial charge is 0.381 e. The van der Waals surface area contributed by atoms with Gasteiger partial charge in [-0.2, -0.15) is 0 Å². The standard InChI is InChI=1S/C24H24N4O/c25-23-22-21(19-9-5-2-6-10-19)16-27(15-18-7-3-1-4-8-18)24(22)26-17-28(23)20-11-13-29-14-12-20/h1-10,16-17,20,25H,11-15H2. The third kappa shape index (κ3) is 3.38. The molecule has 146 valence electrons. The van der Waals surface area contributed by atoms with E-state index in [1.165, 1.54) is 5.56 Å². The van der Waals surface area contributed by atoms with Crippen molar-refractivity contribution < 1.29 is 4.74 Å². The van der Waals surface area contributed by atoms with Crippen LogP contribution in [-0.4, -0.2) is 27.3 Å². The molecule has 3 heterocycles. The lowest BCUT2D eigenvalue weighted by Crippen LogP contribution is -2.29. The molecule has 0 unspecified atom stereocenters. The van der Waals surface area contributed by atoms with Gasteiger partial charge in [0.1, 0.15) is 11.1 Å². The minimum atomic E-state index is 0.272. The molecule has 0 bridgehead atoms. The van der Waals surface area contributed by atoms with Crippen LogP contribution in [0, 0.1) is 5.41 Å². The van der Waals surface area contributed by atoms with Crippen molar-refractivity contribution in [3.05, 3.63) is 84.2 Å². The van der Waals surface area contributed by atoms with E-state index >= 15 is 0 Å². The summed E-state index contributed by atoms with van der Waals surface area (Å²) in [5.41, 5.74) is 4.80. The SMILES string of the molecule is N=c1c2c(-c3ccccc3)cn(Cc3ccccc3)c2ncn1C1CCOCC1. The molecule has 0 radical (unpaired) electrons. The van der Waals surface area contributed by atoms with E-state index in [2.05, 4.69) is 47.2 Å². The molecule has 2 aromatic heterocycles. The number of aromatic nitrogens is 3. The van der Waals surface area contributed by atoms with Gasteiger partial charge in [0, 0.05) is 37.6 Å². The highest BCUT2D eigenvalue weighted by Crippen LogP contribution is 2.29. The lowest BCUT2D eigenvalue weighted by atomic mass is 10.1. The first-order chi connectivity index (χ1) is 14.3. The van der Waals surface area contributed by atoms with Crippen LogP contribution in [0.4, 0.5) is 0 Å². The number of hydrogen-bond acceptors (Lipinski definition) is 3. The summed E-state index contributed by atoms with van der Waals surface area (Å²) < 4.78 is 9.71. The van der Waals surface area contributed by atoms with Crippen LogP contribution in [0.5, 0.6) is 0 Å². The van der Waals surface area contributed by atoms with Gasteiger partial charge < -0.3 is 13.9 Å². The Bertz CT molecular complexity index is 1170. The molecule has 1 saturated heterocycles. The van der Waals surface area contributed by atoms with E-state index in [9.17, 15) is 0 Å². The summed E-state index contributed by atoms with van der Waals surface area (Å²) in [6, 6.07) is 21.0. The molecule has 5 rings (SSSR count). The van der Waals surface area contributed by atoms with Gasteiger partial charge in [0.2, 0.25) is 0 Å². The van der Waals surface area contributed by atoms with Crippen molar-refractivity contribution in [2.45, 2.75) is 25.4 Å². The van der Waals surface area contributed by atoms with Gasteiger partial charge in [-0.25, -0.2) is 4.98 Å². The normalized spacial score (nSPS) is 15.0. The zero-order chi connectivity index (χ0) is 19.6. The number of nitrogens with zero attached hydrogens (tertiary/aromatic N) is 3. The van der Waals surface area contributed by atoms with Gasteiger partial charge in [-0.1, -0.05) is 60.7 Å². The first-order valence-corrected chi connectivity index (χ1v) is 10.1. The fourth-order valence-corrected chi connectivity index (χ4v) is 4.20. The van der Waals surface area contributed by atoms with Crippen LogP contribution in [0.3, 0.4) is 0 Å². The summed E-state index contributed by atoms with van der Waals surface area (Å²) in [5.74, 6) is 0. The van der Waals surface area contributed by atoms with Crippen LogP contribution in [0.1, 0.15) is 24.4 Å². The molecule has 29 heavy (non-hydrogen) atoms. The van der Waals surface area contributed by atoms with Crippen molar-refractivity contribution in [3.8, 4) is 11.1 Å². The third-order valence-corrected chi connectivity index (χ3v) is 5.71. The van der Waals surface area contributed by atoms with Crippen LogP contribution in [-0.2, 0) is 11.3 Å². The molecular weight excluding hydrogens is 360 g/mol. The highest BCUT2D eigenvalue weighted by molar-refractivity contribution is 5.93. The summed E-state index contributed by atoms with van der Waals surface area (Å²) in [6.45, 7) is 2.23. The first-order valence-electron chi connectivity index (χ1n) is 10.1. The maximum atomic E-state index is 9.03. The van der Waals surface area contributed by atoms with Gasteiger partial charge in [0.05, 0.1) is 11.7 Å². The van der Waals surface area contributed by atoms with Crippen LogP contribution in [0.25, 0.3) is 22.2 Å². The molecule has 0 saturated carbocycles. The Morgan fingerprint density at radius 2 is 1.66 bits per heavy atom. The maximum Gasteiger partial charge on any atom is 0.146 e. The van der Waals surface area contributed by atoms with Gasteiger partial charge in [-0.3, -0.25) is 5.41 Å². The Labute approximate surface area is 169 Å². The summed E-state index contributed by atoms with van der Waals surface area (Å²) >= 11 is 0. The van der Waals surface area contributed by atoms with Crippen LogP contribution < -0.4 is 5.49 Å². The van der Waals surface area contributed by atoms with Crippen molar-refractivity contribution in [1.82, 2.24) is 14.1 Å². The highest BCUT2D eigenvalue weighted by Gasteiger charge is 2.20. The van der Waals surface area contributed by atoms with Crippen molar-refractivity contribution in [2.24, 2.45) is 0 Å². The molecule has 1 aliphatic heterocycles. The smallest absolute Gasteiger partial charge is 0.146 e. The molecule has 1 N–H and O–H groups in total. The topological polar surface area (TPSA) is 55.8 Å². The Kier molecular flexibility index (Phi) is 4.74. The van der Waals surface area contributed by atoms with Crippen molar-refractivity contribution >= 4 is 11.0 Å². The molecule has 0 spiro atoms. The van der Waals surface area contributed by atoms with E-state index in [1.54, 1.807) is 0 Å². The maximum absolute atomic E-state index is 9.03. The minimum Gasteiger partial charge on any atom is -0.381 e. The van der Waals surface area contributed by atoms with Crippen molar-refractivity contribution in [1.29, 1.82) is 5.41 Å². The highest BCUT2D eigenvalue weighted by atomic mass is 16.5. The van der Waals surface area contributed by atoms with E-state index in [0.29, 0.717) is 5.49 Å². The van der Waals surface area contributed by atoms with Crippen LogP contribution >= 0.6 is 0 Å². The molecule has 0 aliphatic carbocycles. The summed E-state index contributed by atoms with van der Waals surface area (Å²) in [4.78, 5) is 4.82. The minimum absolute atomic E-state index is 0.272.